The summed E-state index contributed by atoms with van der Waals surface area (Å²) in [5.41, 5.74) is 0.570. The maximum Gasteiger partial charge on any atom is 0.132 e. The normalized spacial score (nSPS) is 10.2. The third kappa shape index (κ3) is 3.68. The summed E-state index contributed by atoms with van der Waals surface area (Å²) < 4.78 is 16.0. The summed E-state index contributed by atoms with van der Waals surface area (Å²) in [6, 6.07) is 8.57. The molecular formula is C14H13Cl2NO3. The Labute approximate surface area is 127 Å². The molecule has 1 aromatic heterocycles. The number of halogens is 2. The van der Waals surface area contributed by atoms with Crippen LogP contribution >= 0.6 is 23.2 Å². The largest absolute Gasteiger partial charge is 0.496 e. The highest BCUT2D eigenvalue weighted by molar-refractivity contribution is 6.32. The molecule has 0 atom stereocenters. The van der Waals surface area contributed by atoms with Crippen LogP contribution in [0, 0.1) is 0 Å². The van der Waals surface area contributed by atoms with Crippen LogP contribution in [0.1, 0.15) is 5.69 Å². The van der Waals surface area contributed by atoms with Gasteiger partial charge in [-0.3, -0.25) is 0 Å². The van der Waals surface area contributed by atoms with E-state index in [0.29, 0.717) is 33.1 Å². The lowest BCUT2D eigenvalue weighted by Gasteiger charge is -2.10. The fraction of sp³-hybridized carbons (Fsp3) is 0.214. The molecule has 0 aliphatic heterocycles. The Morgan fingerprint density at radius 1 is 0.950 bits per heavy atom. The maximum absolute atomic E-state index is 6.03. The smallest absolute Gasteiger partial charge is 0.132 e. The van der Waals surface area contributed by atoms with Crippen molar-refractivity contribution in [2.45, 2.75) is 6.61 Å². The fourth-order valence-corrected chi connectivity index (χ4v) is 1.90. The average Bonchev–Trinajstić information content (AvgIpc) is 2.47. The van der Waals surface area contributed by atoms with Gasteiger partial charge in [0, 0.05) is 18.2 Å². The second-order valence-corrected chi connectivity index (χ2v) is 4.69. The van der Waals surface area contributed by atoms with Crippen LogP contribution < -0.4 is 14.2 Å². The van der Waals surface area contributed by atoms with Crippen LogP contribution in [0.4, 0.5) is 0 Å². The number of hydrogen-bond acceptors (Lipinski definition) is 4. The Morgan fingerprint density at radius 3 is 2.15 bits per heavy atom. The number of benzene rings is 1. The first-order valence-electron chi connectivity index (χ1n) is 5.79. The minimum absolute atomic E-state index is 0.204. The van der Waals surface area contributed by atoms with Gasteiger partial charge in [-0.2, -0.15) is 0 Å². The number of aromatic nitrogens is 1. The lowest BCUT2D eigenvalue weighted by atomic mass is 10.3. The van der Waals surface area contributed by atoms with Crippen molar-refractivity contribution < 1.29 is 14.2 Å². The third-order valence-corrected chi connectivity index (χ3v) is 3.14. The van der Waals surface area contributed by atoms with E-state index in [4.69, 9.17) is 37.4 Å². The molecule has 0 unspecified atom stereocenters. The number of nitrogens with zero attached hydrogens (tertiary/aromatic N) is 1. The molecule has 2 aromatic rings. The molecule has 106 valence electrons. The molecule has 0 amide bonds. The van der Waals surface area contributed by atoms with Crippen molar-refractivity contribution >= 4 is 23.2 Å². The van der Waals surface area contributed by atoms with E-state index in [-0.39, 0.29) is 6.61 Å². The number of hydrogen-bond donors (Lipinski definition) is 0. The topological polar surface area (TPSA) is 40.6 Å². The van der Waals surface area contributed by atoms with Crippen LogP contribution in [-0.2, 0) is 6.61 Å². The second-order valence-electron chi connectivity index (χ2n) is 3.90. The van der Waals surface area contributed by atoms with Gasteiger partial charge in [0.15, 0.2) is 0 Å². The van der Waals surface area contributed by atoms with Gasteiger partial charge in [-0.05, 0) is 12.1 Å². The monoisotopic (exact) mass is 313 g/mol. The van der Waals surface area contributed by atoms with E-state index in [2.05, 4.69) is 4.98 Å². The number of ether oxygens (including phenoxy) is 3. The summed E-state index contributed by atoms with van der Waals surface area (Å²) in [5, 5.41) is 0.875. The first-order valence-corrected chi connectivity index (χ1v) is 6.54. The van der Waals surface area contributed by atoms with Crippen molar-refractivity contribution in [1.29, 1.82) is 0 Å². The number of rotatable bonds is 5. The Bertz CT molecular complexity index is 583. The van der Waals surface area contributed by atoms with E-state index < -0.39 is 0 Å². The van der Waals surface area contributed by atoms with Gasteiger partial charge in [0.1, 0.15) is 29.0 Å². The molecule has 0 aliphatic carbocycles. The molecule has 1 heterocycles. The van der Waals surface area contributed by atoms with Crippen LogP contribution in [0.25, 0.3) is 0 Å². The lowest BCUT2D eigenvalue weighted by Crippen LogP contribution is -2.00. The zero-order valence-corrected chi connectivity index (χ0v) is 12.5. The molecule has 0 fully saturated rings. The first-order chi connectivity index (χ1) is 9.62. The quantitative estimate of drug-likeness (QED) is 0.783. The summed E-state index contributed by atoms with van der Waals surface area (Å²) in [5.74, 6) is 1.88. The molecule has 0 saturated heterocycles. The van der Waals surface area contributed by atoms with E-state index in [1.807, 2.05) is 0 Å². The predicted molar refractivity (Wildman–Crippen MR) is 78.1 cm³/mol. The summed E-state index contributed by atoms with van der Waals surface area (Å²) >= 11 is 11.9. The molecule has 0 saturated carbocycles. The number of pyridine rings is 1. The second kappa shape index (κ2) is 6.68. The van der Waals surface area contributed by atoms with Crippen LogP contribution in [0.3, 0.4) is 0 Å². The molecule has 0 radical (unpaired) electrons. The van der Waals surface area contributed by atoms with E-state index in [0.717, 1.165) is 0 Å². The van der Waals surface area contributed by atoms with Crippen molar-refractivity contribution in [2.75, 3.05) is 14.2 Å². The molecule has 0 spiro atoms. The Hall–Kier alpha value is -1.65. The zero-order valence-electron chi connectivity index (χ0n) is 11.0. The molecule has 0 N–H and O–H groups in total. The Kier molecular flexibility index (Phi) is 4.93. The van der Waals surface area contributed by atoms with Crippen molar-refractivity contribution in [1.82, 2.24) is 4.98 Å². The Balaban J connectivity index is 2.16. The van der Waals surface area contributed by atoms with Crippen LogP contribution in [-0.4, -0.2) is 19.2 Å². The Morgan fingerprint density at radius 2 is 1.55 bits per heavy atom. The van der Waals surface area contributed by atoms with Crippen LogP contribution in [0.15, 0.2) is 30.3 Å². The number of methoxy groups -OCH3 is 2. The zero-order chi connectivity index (χ0) is 14.5. The van der Waals surface area contributed by atoms with Gasteiger partial charge < -0.3 is 14.2 Å². The van der Waals surface area contributed by atoms with Crippen LogP contribution in [0.5, 0.6) is 17.2 Å². The SMILES string of the molecule is COc1cc(OC)cc(OCc2nc(Cl)ccc2Cl)c1. The van der Waals surface area contributed by atoms with E-state index in [9.17, 15) is 0 Å². The summed E-state index contributed by atoms with van der Waals surface area (Å²) in [6.45, 7) is 0.204. The minimum Gasteiger partial charge on any atom is -0.496 e. The summed E-state index contributed by atoms with van der Waals surface area (Å²) in [6.07, 6.45) is 0. The molecule has 1 aromatic carbocycles. The van der Waals surface area contributed by atoms with E-state index >= 15 is 0 Å². The highest BCUT2D eigenvalue weighted by atomic mass is 35.5. The highest BCUT2D eigenvalue weighted by Gasteiger charge is 2.07. The van der Waals surface area contributed by atoms with Crippen molar-refractivity contribution in [2.24, 2.45) is 0 Å². The molecule has 4 nitrogen and oxygen atoms in total. The van der Waals surface area contributed by atoms with Gasteiger partial charge in [0.2, 0.25) is 0 Å². The average molecular weight is 314 g/mol. The maximum atomic E-state index is 6.03. The van der Waals surface area contributed by atoms with Gasteiger partial charge in [-0.25, -0.2) is 4.98 Å². The molecule has 6 heteroatoms. The fourth-order valence-electron chi connectivity index (χ4n) is 1.58. The molecule has 0 aliphatic rings. The summed E-state index contributed by atoms with van der Waals surface area (Å²) in [7, 11) is 3.15. The highest BCUT2D eigenvalue weighted by Crippen LogP contribution is 2.28. The molecule has 2 rings (SSSR count). The predicted octanol–water partition coefficient (Wildman–Crippen LogP) is 3.98. The minimum atomic E-state index is 0.204. The van der Waals surface area contributed by atoms with Crippen molar-refractivity contribution in [3.63, 3.8) is 0 Å². The van der Waals surface area contributed by atoms with Gasteiger partial charge in [0.25, 0.3) is 0 Å². The van der Waals surface area contributed by atoms with E-state index in [1.165, 1.54) is 0 Å². The molecule has 20 heavy (non-hydrogen) atoms. The van der Waals surface area contributed by atoms with Crippen molar-refractivity contribution in [3.05, 3.63) is 46.2 Å². The summed E-state index contributed by atoms with van der Waals surface area (Å²) in [4.78, 5) is 4.12. The molecule has 0 bridgehead atoms. The van der Waals surface area contributed by atoms with E-state index in [1.54, 1.807) is 44.6 Å². The third-order valence-electron chi connectivity index (χ3n) is 2.59. The van der Waals surface area contributed by atoms with Gasteiger partial charge in [-0.15, -0.1) is 0 Å². The van der Waals surface area contributed by atoms with Gasteiger partial charge in [0.05, 0.1) is 24.9 Å². The van der Waals surface area contributed by atoms with Crippen molar-refractivity contribution in [3.8, 4) is 17.2 Å². The lowest BCUT2D eigenvalue weighted by molar-refractivity contribution is 0.296. The van der Waals surface area contributed by atoms with Crippen LogP contribution in [0.2, 0.25) is 10.2 Å². The molecular weight excluding hydrogens is 301 g/mol. The standard InChI is InChI=1S/C14H13Cl2NO3/c1-18-9-5-10(19-2)7-11(6-9)20-8-13-12(15)3-4-14(16)17-13/h3-7H,8H2,1-2H3. The first kappa shape index (κ1) is 14.8. The van der Waals surface area contributed by atoms with Gasteiger partial charge >= 0.3 is 0 Å². The van der Waals surface area contributed by atoms with Gasteiger partial charge in [-0.1, -0.05) is 23.2 Å².